The Hall–Kier alpha value is -2.20. The first kappa shape index (κ1) is 17.2. The topological polar surface area (TPSA) is 55.6 Å². The van der Waals surface area contributed by atoms with Crippen molar-refractivity contribution in [3.63, 3.8) is 0 Å². The van der Waals surface area contributed by atoms with Gasteiger partial charge in [0.1, 0.15) is 5.75 Å². The first-order valence-corrected chi connectivity index (χ1v) is 7.74. The smallest absolute Gasteiger partial charge is 0.261 e. The number of hydrogen-bond acceptors (Lipinski definition) is 3. The van der Waals surface area contributed by atoms with E-state index < -0.39 is 0 Å². The largest absolute Gasteiger partial charge is 0.496 e. The lowest BCUT2D eigenvalue weighted by Gasteiger charge is -2.20. The maximum atomic E-state index is 12.8. The zero-order chi connectivity index (χ0) is 17.1. The zero-order valence-electron chi connectivity index (χ0n) is 13.8. The van der Waals surface area contributed by atoms with E-state index in [0.29, 0.717) is 27.9 Å². The van der Waals surface area contributed by atoms with Gasteiger partial charge in [0.15, 0.2) is 0 Å². The molecule has 0 atom stereocenters. The predicted molar refractivity (Wildman–Crippen MR) is 95.7 cm³/mol. The van der Waals surface area contributed by atoms with Gasteiger partial charge in [0.25, 0.3) is 5.91 Å². The summed E-state index contributed by atoms with van der Waals surface area (Å²) in [4.78, 5) is 14.4. The average molecular weight is 333 g/mol. The highest BCUT2D eigenvalue weighted by Gasteiger charge is 2.20. The van der Waals surface area contributed by atoms with Gasteiger partial charge in [-0.25, -0.2) is 0 Å². The Bertz CT molecular complexity index is 729. The molecule has 0 saturated heterocycles. The molecule has 0 fully saturated rings. The molecule has 0 aromatic heterocycles. The molecule has 2 aromatic rings. The molecule has 0 aliphatic heterocycles. The maximum Gasteiger partial charge on any atom is 0.261 e. The van der Waals surface area contributed by atoms with E-state index in [9.17, 15) is 4.79 Å². The molecule has 2 aromatic carbocycles. The number of anilines is 2. The highest BCUT2D eigenvalue weighted by Crippen LogP contribution is 2.31. The molecule has 0 aliphatic carbocycles. The fourth-order valence-corrected chi connectivity index (χ4v) is 2.46. The minimum Gasteiger partial charge on any atom is -0.496 e. The molecule has 1 amide bonds. The van der Waals surface area contributed by atoms with E-state index in [1.54, 1.807) is 24.1 Å². The van der Waals surface area contributed by atoms with E-state index in [0.717, 1.165) is 5.69 Å². The van der Waals surface area contributed by atoms with Crippen molar-refractivity contribution in [2.45, 2.75) is 19.8 Å². The van der Waals surface area contributed by atoms with Crippen LogP contribution in [0, 0.1) is 0 Å². The van der Waals surface area contributed by atoms with Crippen molar-refractivity contribution in [1.82, 2.24) is 0 Å². The molecule has 0 heterocycles. The summed E-state index contributed by atoms with van der Waals surface area (Å²) in [6, 6.07) is 11.0. The molecule has 5 heteroatoms. The van der Waals surface area contributed by atoms with Crippen molar-refractivity contribution in [3.05, 3.63) is 52.5 Å². The van der Waals surface area contributed by atoms with E-state index in [2.05, 4.69) is 13.8 Å². The number of carbonyl (C=O) groups is 1. The molecular formula is C18H21ClN2O2. The summed E-state index contributed by atoms with van der Waals surface area (Å²) in [6.07, 6.45) is 0. The summed E-state index contributed by atoms with van der Waals surface area (Å²) in [7, 11) is 3.23. The molecule has 0 spiro atoms. The standard InChI is InChI=1S/C18H21ClN2O2/c1-11(2)12-6-5-7-13(8-12)21(3)18(22)14-9-15(19)16(20)10-17(14)23-4/h5-11H,20H2,1-4H3. The number of rotatable bonds is 4. The molecule has 23 heavy (non-hydrogen) atoms. The van der Waals surface area contributed by atoms with Crippen LogP contribution < -0.4 is 15.4 Å². The van der Waals surface area contributed by atoms with Crippen LogP contribution in [0.15, 0.2) is 36.4 Å². The van der Waals surface area contributed by atoms with Crippen molar-refractivity contribution >= 4 is 28.9 Å². The lowest BCUT2D eigenvalue weighted by Crippen LogP contribution is -2.26. The van der Waals surface area contributed by atoms with Crippen LogP contribution in [0.4, 0.5) is 11.4 Å². The minimum absolute atomic E-state index is 0.204. The van der Waals surface area contributed by atoms with Gasteiger partial charge in [-0.1, -0.05) is 37.6 Å². The molecule has 0 bridgehead atoms. The van der Waals surface area contributed by atoms with Crippen LogP contribution in [-0.2, 0) is 0 Å². The van der Waals surface area contributed by atoms with E-state index in [1.165, 1.54) is 12.7 Å². The number of halogens is 1. The highest BCUT2D eigenvalue weighted by molar-refractivity contribution is 6.33. The summed E-state index contributed by atoms with van der Waals surface area (Å²) in [5.74, 6) is 0.590. The Morgan fingerprint density at radius 3 is 2.57 bits per heavy atom. The second-order valence-electron chi connectivity index (χ2n) is 5.69. The van der Waals surface area contributed by atoms with Crippen molar-refractivity contribution in [2.75, 3.05) is 24.8 Å². The SMILES string of the molecule is COc1cc(N)c(Cl)cc1C(=O)N(C)c1cccc(C(C)C)c1. The van der Waals surface area contributed by atoms with E-state index in [1.807, 2.05) is 24.3 Å². The summed E-state index contributed by atoms with van der Waals surface area (Å²) < 4.78 is 5.26. The summed E-state index contributed by atoms with van der Waals surface area (Å²) in [5.41, 5.74) is 8.51. The number of hydrogen-bond donors (Lipinski definition) is 1. The zero-order valence-corrected chi connectivity index (χ0v) is 14.5. The molecule has 0 saturated carbocycles. The number of nitrogen functional groups attached to an aromatic ring is 1. The fourth-order valence-electron chi connectivity index (χ4n) is 2.30. The third-order valence-corrected chi connectivity index (χ3v) is 4.11. The second kappa shape index (κ2) is 6.92. The Kier molecular flexibility index (Phi) is 5.16. The quantitative estimate of drug-likeness (QED) is 0.848. The van der Waals surface area contributed by atoms with Crippen molar-refractivity contribution in [1.29, 1.82) is 0 Å². The third kappa shape index (κ3) is 3.59. The van der Waals surface area contributed by atoms with Crippen molar-refractivity contribution < 1.29 is 9.53 Å². The number of benzene rings is 2. The van der Waals surface area contributed by atoms with Gasteiger partial charge in [0.05, 0.1) is 23.4 Å². The van der Waals surface area contributed by atoms with Gasteiger partial charge >= 0.3 is 0 Å². The van der Waals surface area contributed by atoms with Gasteiger partial charge < -0.3 is 15.4 Å². The van der Waals surface area contributed by atoms with Crippen LogP contribution in [0.5, 0.6) is 5.75 Å². The van der Waals surface area contributed by atoms with Gasteiger partial charge in [0, 0.05) is 18.8 Å². The molecule has 0 unspecified atom stereocenters. The normalized spacial score (nSPS) is 10.7. The molecule has 2 rings (SSSR count). The van der Waals surface area contributed by atoms with Crippen LogP contribution in [0.25, 0.3) is 0 Å². The van der Waals surface area contributed by atoms with E-state index in [4.69, 9.17) is 22.1 Å². The first-order valence-electron chi connectivity index (χ1n) is 7.36. The minimum atomic E-state index is -0.204. The highest BCUT2D eigenvalue weighted by atomic mass is 35.5. The van der Waals surface area contributed by atoms with Gasteiger partial charge in [-0.3, -0.25) is 4.79 Å². The maximum absolute atomic E-state index is 12.8. The van der Waals surface area contributed by atoms with E-state index >= 15 is 0 Å². The molecule has 0 aliphatic rings. The lowest BCUT2D eigenvalue weighted by molar-refractivity contribution is 0.0990. The third-order valence-electron chi connectivity index (χ3n) is 3.78. The number of ether oxygens (including phenoxy) is 1. The molecule has 2 N–H and O–H groups in total. The Morgan fingerprint density at radius 1 is 1.26 bits per heavy atom. The summed E-state index contributed by atoms with van der Waals surface area (Å²) in [6.45, 7) is 4.23. The number of carbonyl (C=O) groups excluding carboxylic acids is 1. The van der Waals surface area contributed by atoms with Crippen LogP contribution in [0.3, 0.4) is 0 Å². The number of nitrogens with two attached hydrogens (primary N) is 1. The number of methoxy groups -OCH3 is 1. The van der Waals surface area contributed by atoms with Gasteiger partial charge in [0.2, 0.25) is 0 Å². The van der Waals surface area contributed by atoms with Crippen LogP contribution in [0.1, 0.15) is 35.7 Å². The predicted octanol–water partition coefficient (Wildman–Crippen LogP) is 4.33. The van der Waals surface area contributed by atoms with Gasteiger partial charge in [-0.05, 0) is 29.7 Å². The molecular weight excluding hydrogens is 312 g/mol. The first-order chi connectivity index (χ1) is 10.8. The van der Waals surface area contributed by atoms with Crippen molar-refractivity contribution in [2.24, 2.45) is 0 Å². The van der Waals surface area contributed by atoms with Gasteiger partial charge in [-0.2, -0.15) is 0 Å². The fraction of sp³-hybridized carbons (Fsp3) is 0.278. The Morgan fingerprint density at radius 2 is 1.96 bits per heavy atom. The Balaban J connectivity index is 2.40. The van der Waals surface area contributed by atoms with Crippen LogP contribution >= 0.6 is 11.6 Å². The van der Waals surface area contributed by atoms with Crippen LogP contribution in [0.2, 0.25) is 5.02 Å². The van der Waals surface area contributed by atoms with Crippen LogP contribution in [-0.4, -0.2) is 20.1 Å². The number of amides is 1. The average Bonchev–Trinajstić information content (AvgIpc) is 2.55. The van der Waals surface area contributed by atoms with Gasteiger partial charge in [-0.15, -0.1) is 0 Å². The summed E-state index contributed by atoms with van der Waals surface area (Å²) in [5, 5.41) is 0.332. The summed E-state index contributed by atoms with van der Waals surface area (Å²) >= 11 is 6.05. The molecule has 0 radical (unpaired) electrons. The monoisotopic (exact) mass is 332 g/mol. The number of nitrogens with zero attached hydrogens (tertiary/aromatic N) is 1. The van der Waals surface area contributed by atoms with Crippen molar-refractivity contribution in [3.8, 4) is 5.75 Å². The molecule has 4 nitrogen and oxygen atoms in total. The van der Waals surface area contributed by atoms with E-state index in [-0.39, 0.29) is 5.91 Å². The Labute approximate surface area is 141 Å². The lowest BCUT2D eigenvalue weighted by atomic mass is 10.0. The second-order valence-corrected chi connectivity index (χ2v) is 6.10. The molecule has 122 valence electrons.